The molecule has 0 atom stereocenters. The van der Waals surface area contributed by atoms with E-state index in [1.54, 1.807) is 0 Å². The number of nitrogens with zero attached hydrogens (tertiary/aromatic N) is 2. The minimum absolute atomic E-state index is 0.272. The third kappa shape index (κ3) is 1.44. The molecule has 70 valence electrons. The van der Waals surface area contributed by atoms with Gasteiger partial charge in [-0.1, -0.05) is 0 Å². The Kier molecular flexibility index (Phi) is 2.24. The van der Waals surface area contributed by atoms with Gasteiger partial charge in [-0.25, -0.2) is 4.98 Å². The summed E-state index contributed by atoms with van der Waals surface area (Å²) in [5.41, 5.74) is -0.377. The molecule has 0 saturated carbocycles. The van der Waals surface area contributed by atoms with Gasteiger partial charge in [-0.05, 0) is 22.6 Å². The molecule has 0 aliphatic carbocycles. The number of fused-ring (bicyclic) bond motifs is 1. The van der Waals surface area contributed by atoms with Crippen molar-refractivity contribution in [3.8, 4) is 5.75 Å². The molecular formula is C7H7IN2O3. The maximum absolute atomic E-state index is 11.4. The van der Waals surface area contributed by atoms with E-state index in [2.05, 4.69) is 4.98 Å². The van der Waals surface area contributed by atoms with E-state index in [1.165, 1.54) is 4.57 Å². The van der Waals surface area contributed by atoms with Crippen molar-refractivity contribution in [1.29, 1.82) is 0 Å². The van der Waals surface area contributed by atoms with Crippen LogP contribution in [0, 0.1) is 3.70 Å². The van der Waals surface area contributed by atoms with Gasteiger partial charge in [0.25, 0.3) is 5.56 Å². The molecule has 0 fully saturated rings. The second-order valence-corrected chi connectivity index (χ2v) is 3.70. The predicted octanol–water partition coefficient (Wildman–Crippen LogP) is 0.0837. The van der Waals surface area contributed by atoms with Crippen LogP contribution in [0.2, 0.25) is 0 Å². The van der Waals surface area contributed by atoms with Gasteiger partial charge in [0, 0.05) is 0 Å². The van der Waals surface area contributed by atoms with E-state index in [-0.39, 0.29) is 11.3 Å². The first-order chi connectivity index (χ1) is 6.20. The van der Waals surface area contributed by atoms with E-state index in [1.807, 2.05) is 22.6 Å². The monoisotopic (exact) mass is 294 g/mol. The number of hydrogen-bond donors (Lipinski definition) is 1. The van der Waals surface area contributed by atoms with Crippen LogP contribution in [-0.2, 0) is 17.9 Å². The molecule has 0 amide bonds. The van der Waals surface area contributed by atoms with Crippen LogP contribution in [0.25, 0.3) is 0 Å². The molecule has 1 aliphatic rings. The summed E-state index contributed by atoms with van der Waals surface area (Å²) in [5, 5.41) is 9.32. The highest BCUT2D eigenvalue weighted by atomic mass is 127. The number of rotatable bonds is 0. The molecule has 5 nitrogen and oxygen atoms in total. The lowest BCUT2D eigenvalue weighted by atomic mass is 10.4. The molecule has 2 heterocycles. The van der Waals surface area contributed by atoms with Crippen LogP contribution in [-0.4, -0.2) is 21.3 Å². The van der Waals surface area contributed by atoms with Crippen LogP contribution in [0.5, 0.6) is 5.75 Å². The van der Waals surface area contributed by atoms with Crippen molar-refractivity contribution in [2.45, 2.75) is 13.2 Å². The molecule has 0 saturated heterocycles. The Morgan fingerprint density at radius 3 is 3.15 bits per heavy atom. The lowest BCUT2D eigenvalue weighted by Crippen LogP contribution is -2.31. The highest BCUT2D eigenvalue weighted by molar-refractivity contribution is 14.1. The van der Waals surface area contributed by atoms with E-state index < -0.39 is 0 Å². The summed E-state index contributed by atoms with van der Waals surface area (Å²) in [6.07, 6.45) is 0. The predicted molar refractivity (Wildman–Crippen MR) is 52.5 cm³/mol. The third-order valence-corrected chi connectivity index (χ3v) is 2.62. The number of aromatic hydroxyl groups is 1. The highest BCUT2D eigenvalue weighted by Crippen LogP contribution is 2.14. The summed E-state index contributed by atoms with van der Waals surface area (Å²) in [5.74, 6) is 0.310. The molecule has 0 bridgehead atoms. The Morgan fingerprint density at radius 1 is 1.62 bits per heavy atom. The minimum Gasteiger partial charge on any atom is -0.501 e. The molecule has 6 heteroatoms. The van der Waals surface area contributed by atoms with Crippen molar-refractivity contribution in [2.24, 2.45) is 0 Å². The van der Waals surface area contributed by atoms with Gasteiger partial charge in [0.1, 0.15) is 12.4 Å². The van der Waals surface area contributed by atoms with Crippen molar-refractivity contribution in [2.75, 3.05) is 6.61 Å². The average Bonchev–Trinajstić information content (AvgIpc) is 2.15. The molecule has 1 aromatic rings. The molecule has 0 aromatic carbocycles. The fourth-order valence-corrected chi connectivity index (χ4v) is 1.73. The first-order valence-electron chi connectivity index (χ1n) is 3.76. The molecule has 1 N–H and O–H groups in total. The molecule has 0 unspecified atom stereocenters. The van der Waals surface area contributed by atoms with E-state index in [0.29, 0.717) is 29.3 Å². The van der Waals surface area contributed by atoms with Crippen LogP contribution >= 0.6 is 22.6 Å². The van der Waals surface area contributed by atoms with Crippen molar-refractivity contribution < 1.29 is 9.84 Å². The van der Waals surface area contributed by atoms with Gasteiger partial charge in [-0.3, -0.25) is 9.36 Å². The average molecular weight is 294 g/mol. The Hall–Kier alpha value is -0.630. The van der Waals surface area contributed by atoms with Gasteiger partial charge in [0.05, 0.1) is 13.2 Å². The van der Waals surface area contributed by atoms with E-state index in [4.69, 9.17) is 4.74 Å². The van der Waals surface area contributed by atoms with Crippen LogP contribution in [0.1, 0.15) is 5.82 Å². The smallest absolute Gasteiger partial charge is 0.296 e. The van der Waals surface area contributed by atoms with Gasteiger partial charge in [0.15, 0.2) is 3.70 Å². The van der Waals surface area contributed by atoms with Crippen LogP contribution < -0.4 is 5.56 Å². The fourth-order valence-electron chi connectivity index (χ4n) is 1.22. The zero-order chi connectivity index (χ0) is 9.42. The molecule has 2 rings (SSSR count). The van der Waals surface area contributed by atoms with Crippen LogP contribution in [0.3, 0.4) is 0 Å². The van der Waals surface area contributed by atoms with Gasteiger partial charge < -0.3 is 9.84 Å². The van der Waals surface area contributed by atoms with E-state index in [0.717, 1.165) is 0 Å². The zero-order valence-electron chi connectivity index (χ0n) is 6.66. The summed E-state index contributed by atoms with van der Waals surface area (Å²) in [6, 6.07) is 0. The lowest BCUT2D eigenvalue weighted by Gasteiger charge is -2.17. The maximum Gasteiger partial charge on any atom is 0.296 e. The normalized spacial score (nSPS) is 15.5. The third-order valence-electron chi connectivity index (χ3n) is 1.87. The first-order valence-corrected chi connectivity index (χ1v) is 4.84. The van der Waals surface area contributed by atoms with Crippen molar-refractivity contribution in [3.05, 3.63) is 19.9 Å². The van der Waals surface area contributed by atoms with Gasteiger partial charge in [-0.15, -0.1) is 0 Å². The minimum atomic E-state index is -0.377. The van der Waals surface area contributed by atoms with Crippen molar-refractivity contribution >= 4 is 22.6 Å². The molecule has 0 spiro atoms. The zero-order valence-corrected chi connectivity index (χ0v) is 8.81. The van der Waals surface area contributed by atoms with Crippen molar-refractivity contribution in [1.82, 2.24) is 9.55 Å². The second kappa shape index (κ2) is 3.26. The molecule has 1 aromatic heterocycles. The lowest BCUT2D eigenvalue weighted by molar-refractivity contribution is 0.0773. The number of hydrogen-bond acceptors (Lipinski definition) is 4. The molecular weight excluding hydrogens is 287 g/mol. The van der Waals surface area contributed by atoms with Gasteiger partial charge in [-0.2, -0.15) is 0 Å². The van der Waals surface area contributed by atoms with Gasteiger partial charge >= 0.3 is 0 Å². The van der Waals surface area contributed by atoms with E-state index >= 15 is 0 Å². The Bertz CT molecular complexity index is 401. The number of aromatic nitrogens is 2. The largest absolute Gasteiger partial charge is 0.501 e. The summed E-state index contributed by atoms with van der Waals surface area (Å²) < 4.78 is 6.92. The molecule has 0 radical (unpaired) electrons. The number of ether oxygens (including phenoxy) is 1. The van der Waals surface area contributed by atoms with Crippen LogP contribution in [0.4, 0.5) is 0 Å². The SMILES string of the molecule is O=c1c(O)c(I)nc2n1CCOC2. The summed E-state index contributed by atoms with van der Waals surface area (Å²) in [6.45, 7) is 1.30. The Labute approximate surface area is 87.5 Å². The summed E-state index contributed by atoms with van der Waals surface area (Å²) in [4.78, 5) is 15.5. The maximum atomic E-state index is 11.4. The Morgan fingerprint density at radius 2 is 2.38 bits per heavy atom. The van der Waals surface area contributed by atoms with E-state index in [9.17, 15) is 9.90 Å². The standard InChI is InChI=1S/C7H7IN2O3/c8-6-5(11)7(12)10-1-2-13-3-4(10)9-6/h11H,1-3H2. The first kappa shape index (κ1) is 8.95. The number of halogens is 1. The fraction of sp³-hybridized carbons (Fsp3) is 0.429. The van der Waals surface area contributed by atoms with Gasteiger partial charge in [0.2, 0.25) is 5.75 Å². The Balaban J connectivity index is 2.68. The van der Waals surface area contributed by atoms with Crippen LogP contribution in [0.15, 0.2) is 4.79 Å². The summed E-state index contributed by atoms with van der Waals surface area (Å²) in [7, 11) is 0. The second-order valence-electron chi connectivity index (χ2n) is 2.68. The quantitative estimate of drug-likeness (QED) is 0.544. The molecule has 13 heavy (non-hydrogen) atoms. The topological polar surface area (TPSA) is 64.3 Å². The van der Waals surface area contributed by atoms with Crippen molar-refractivity contribution in [3.63, 3.8) is 0 Å². The highest BCUT2D eigenvalue weighted by Gasteiger charge is 2.16. The summed E-state index contributed by atoms with van der Waals surface area (Å²) >= 11 is 1.83. The molecule has 1 aliphatic heterocycles.